The van der Waals surface area contributed by atoms with Crippen LogP contribution in [-0.2, 0) is 38.4 Å². The third-order valence-electron chi connectivity index (χ3n) is 10.9. The molecule has 0 radical (unpaired) electrons. The summed E-state index contributed by atoms with van der Waals surface area (Å²) in [6.45, 7) is 14.1. The van der Waals surface area contributed by atoms with Crippen molar-refractivity contribution in [3.05, 3.63) is 0 Å². The van der Waals surface area contributed by atoms with E-state index in [2.05, 4.69) is 26.6 Å². The van der Waals surface area contributed by atoms with Gasteiger partial charge in [0.2, 0.25) is 41.4 Å². The molecule has 9 atom stereocenters. The summed E-state index contributed by atoms with van der Waals surface area (Å²) in [5.74, 6) is -5.91. The predicted octanol–water partition coefficient (Wildman–Crippen LogP) is -0.388. The first kappa shape index (κ1) is 48.8. The molecule has 0 aromatic heterocycles. The lowest BCUT2D eigenvalue weighted by atomic mass is 9.94. The molecule has 2 rings (SSSR count). The Balaban J connectivity index is 2.14. The first-order valence-electron chi connectivity index (χ1n) is 20.5. The van der Waals surface area contributed by atoms with Crippen LogP contribution in [0.2, 0.25) is 0 Å². The highest BCUT2D eigenvalue weighted by molar-refractivity contribution is 5.97. The Kier molecular flexibility index (Phi) is 19.9. The Bertz CT molecular complexity index is 1430. The zero-order chi connectivity index (χ0) is 43.1. The molecule has 2 aliphatic heterocycles. The van der Waals surface area contributed by atoms with E-state index < -0.39 is 103 Å². The Morgan fingerprint density at radius 2 is 1.16 bits per heavy atom. The predicted molar refractivity (Wildman–Crippen MR) is 211 cm³/mol. The van der Waals surface area contributed by atoms with Crippen molar-refractivity contribution in [2.45, 2.75) is 149 Å². The van der Waals surface area contributed by atoms with Crippen LogP contribution in [-0.4, -0.2) is 136 Å². The van der Waals surface area contributed by atoms with Crippen LogP contribution < -0.4 is 32.3 Å². The molecule has 7 amide bonds. The molecular weight excluding hydrogens is 740 g/mol. The van der Waals surface area contributed by atoms with Crippen molar-refractivity contribution in [1.82, 2.24) is 36.4 Å². The monoisotopic (exact) mass is 809 g/mol. The number of carboxylic acid groups (broad SMARTS) is 1. The van der Waals surface area contributed by atoms with Gasteiger partial charge in [-0.15, -0.1) is 0 Å². The second-order valence-electron chi connectivity index (χ2n) is 16.4. The highest BCUT2D eigenvalue weighted by Gasteiger charge is 2.42. The molecule has 18 nitrogen and oxygen atoms in total. The first-order chi connectivity index (χ1) is 26.8. The molecule has 0 aromatic carbocycles. The number of carbonyl (C=O) groups is 8. The topological polar surface area (TPSA) is 270 Å². The van der Waals surface area contributed by atoms with Crippen LogP contribution >= 0.6 is 0 Å². The molecule has 18 heteroatoms. The van der Waals surface area contributed by atoms with Crippen molar-refractivity contribution >= 4 is 47.3 Å². The molecule has 2 aliphatic rings. The number of aliphatic hydroxyl groups excluding tert-OH is 1. The van der Waals surface area contributed by atoms with E-state index in [1.54, 1.807) is 13.8 Å². The Morgan fingerprint density at radius 3 is 1.67 bits per heavy atom. The van der Waals surface area contributed by atoms with Crippen LogP contribution in [0.4, 0.5) is 0 Å². The van der Waals surface area contributed by atoms with Gasteiger partial charge < -0.3 is 52.3 Å². The van der Waals surface area contributed by atoms with E-state index in [0.29, 0.717) is 38.5 Å². The second kappa shape index (κ2) is 23.2. The summed E-state index contributed by atoms with van der Waals surface area (Å²) in [5.41, 5.74) is 5.66. The van der Waals surface area contributed by atoms with E-state index >= 15 is 0 Å². The molecule has 0 bridgehead atoms. The molecule has 9 N–H and O–H groups in total. The SMILES string of the molecule is CC[C@H](C)[C@H](NC(=O)[C@@H](N)CO)C(=O)N[C@H](C(=O)N1CCC[C@H]1C(=O)NCC(=O)N[C@@H](CC(C)C)C(=O)N1CCC[C@H]1C(=O)N[C@@H](CC(C)C)C(=O)O)[C@@H](C)CC. The second-order valence-corrected chi connectivity index (χ2v) is 16.4. The van der Waals surface area contributed by atoms with Gasteiger partial charge in [0.15, 0.2) is 0 Å². The average molecular weight is 809 g/mol. The number of aliphatic carboxylic acids is 1. The summed E-state index contributed by atoms with van der Waals surface area (Å²) >= 11 is 0. The minimum absolute atomic E-state index is 0.0129. The molecule has 0 aliphatic carbocycles. The lowest BCUT2D eigenvalue weighted by Crippen LogP contribution is -2.60. The molecule has 0 spiro atoms. The summed E-state index contributed by atoms with van der Waals surface area (Å²) in [6, 6.07) is -7.22. The summed E-state index contributed by atoms with van der Waals surface area (Å²) in [7, 11) is 0. The number of hydrogen-bond donors (Lipinski definition) is 8. The number of amides is 7. The maximum absolute atomic E-state index is 14.0. The number of carbonyl (C=O) groups excluding carboxylic acids is 7. The summed E-state index contributed by atoms with van der Waals surface area (Å²) in [6.07, 6.45) is 3.19. The molecule has 2 fully saturated rings. The summed E-state index contributed by atoms with van der Waals surface area (Å²) < 4.78 is 0. The van der Waals surface area contributed by atoms with Gasteiger partial charge in [0.1, 0.15) is 42.3 Å². The average Bonchev–Trinajstić information content (AvgIpc) is 3.86. The zero-order valence-electron chi connectivity index (χ0n) is 35.0. The van der Waals surface area contributed by atoms with E-state index in [1.165, 1.54) is 9.80 Å². The van der Waals surface area contributed by atoms with Crippen LogP contribution in [0.5, 0.6) is 0 Å². The number of carboxylic acids is 1. The number of nitrogens with zero attached hydrogens (tertiary/aromatic N) is 2. The first-order valence-corrected chi connectivity index (χ1v) is 20.5. The van der Waals surface area contributed by atoms with Gasteiger partial charge in [-0.3, -0.25) is 33.6 Å². The van der Waals surface area contributed by atoms with Gasteiger partial charge >= 0.3 is 5.97 Å². The van der Waals surface area contributed by atoms with E-state index in [0.717, 1.165) is 0 Å². The van der Waals surface area contributed by atoms with Gasteiger partial charge in [0.05, 0.1) is 13.2 Å². The van der Waals surface area contributed by atoms with Crippen LogP contribution in [0.3, 0.4) is 0 Å². The molecule has 2 heterocycles. The third-order valence-corrected chi connectivity index (χ3v) is 10.9. The normalized spacial score (nSPS) is 20.5. The van der Waals surface area contributed by atoms with Crippen molar-refractivity contribution in [1.29, 1.82) is 0 Å². The van der Waals surface area contributed by atoms with Gasteiger partial charge in [0.25, 0.3) is 0 Å². The van der Waals surface area contributed by atoms with Crippen molar-refractivity contribution in [2.75, 3.05) is 26.2 Å². The molecule has 57 heavy (non-hydrogen) atoms. The fourth-order valence-electron chi connectivity index (χ4n) is 7.14. The van der Waals surface area contributed by atoms with Gasteiger partial charge in [-0.05, 0) is 62.2 Å². The quantitative estimate of drug-likeness (QED) is 0.0698. The third kappa shape index (κ3) is 14.2. The van der Waals surface area contributed by atoms with Gasteiger partial charge in [0, 0.05) is 13.1 Å². The van der Waals surface area contributed by atoms with E-state index in [4.69, 9.17) is 5.73 Å². The minimum atomic E-state index is -1.23. The molecular formula is C39H68N8O10. The molecule has 324 valence electrons. The van der Waals surface area contributed by atoms with E-state index in [-0.39, 0.29) is 49.6 Å². The number of aliphatic hydroxyl groups is 1. The standard InChI is InChI=1S/C39H68N8O10/c1-9-23(7)31(44-33(50)25(40)20-48)36(53)45-32(24(8)10-2)38(55)47-16-11-13-28(47)34(51)41-19-30(49)42-26(17-21(3)4)37(54)46-15-12-14-29(46)35(52)43-27(39(56)57)18-22(5)6/h21-29,31-32,48H,9-20,40H2,1-8H3,(H,41,51)(H,42,49)(H,43,52)(H,44,50)(H,45,53)(H,56,57)/t23-,24-,25-,26-,27-,28-,29-,31-,32-/m0/s1. The molecule has 0 saturated carbocycles. The zero-order valence-corrected chi connectivity index (χ0v) is 35.0. The van der Waals surface area contributed by atoms with Crippen LogP contribution in [0.1, 0.15) is 107 Å². The highest BCUT2D eigenvalue weighted by Crippen LogP contribution is 2.23. The highest BCUT2D eigenvalue weighted by atomic mass is 16.4. The number of rotatable bonds is 22. The van der Waals surface area contributed by atoms with E-state index in [1.807, 2.05) is 41.5 Å². The number of likely N-dealkylation sites (tertiary alicyclic amines) is 2. The van der Waals surface area contributed by atoms with Gasteiger partial charge in [-0.1, -0.05) is 68.2 Å². The van der Waals surface area contributed by atoms with Gasteiger partial charge in [-0.25, -0.2) is 4.79 Å². The Hall–Kier alpha value is -4.32. The van der Waals surface area contributed by atoms with Crippen molar-refractivity contribution in [3.63, 3.8) is 0 Å². The van der Waals surface area contributed by atoms with Crippen molar-refractivity contribution in [3.8, 4) is 0 Å². The maximum atomic E-state index is 14.0. The number of hydrogen-bond acceptors (Lipinski definition) is 10. The fraction of sp³-hybridized carbons (Fsp3) is 0.795. The lowest BCUT2D eigenvalue weighted by Gasteiger charge is -2.33. The van der Waals surface area contributed by atoms with Crippen LogP contribution in [0, 0.1) is 23.7 Å². The fourth-order valence-corrected chi connectivity index (χ4v) is 7.14. The molecule has 2 saturated heterocycles. The Morgan fingerprint density at radius 1 is 0.667 bits per heavy atom. The maximum Gasteiger partial charge on any atom is 0.326 e. The number of nitrogens with one attached hydrogen (secondary N) is 5. The van der Waals surface area contributed by atoms with Crippen LogP contribution in [0.25, 0.3) is 0 Å². The molecule has 0 aromatic rings. The minimum Gasteiger partial charge on any atom is -0.480 e. The lowest BCUT2D eigenvalue weighted by molar-refractivity contribution is -0.145. The number of nitrogens with two attached hydrogens (primary N) is 1. The largest absolute Gasteiger partial charge is 0.480 e. The summed E-state index contributed by atoms with van der Waals surface area (Å²) in [4.78, 5) is 108. The van der Waals surface area contributed by atoms with Crippen molar-refractivity contribution in [2.24, 2.45) is 29.4 Å². The molecule has 0 unspecified atom stereocenters. The van der Waals surface area contributed by atoms with Crippen LogP contribution in [0.15, 0.2) is 0 Å². The summed E-state index contributed by atoms with van der Waals surface area (Å²) in [5, 5.41) is 32.2. The van der Waals surface area contributed by atoms with Gasteiger partial charge in [-0.2, -0.15) is 0 Å². The van der Waals surface area contributed by atoms with E-state index in [9.17, 15) is 48.6 Å². The smallest absolute Gasteiger partial charge is 0.326 e. The van der Waals surface area contributed by atoms with Crippen molar-refractivity contribution < 1.29 is 48.6 Å². The Labute approximate surface area is 336 Å².